The van der Waals surface area contributed by atoms with Crippen molar-refractivity contribution >= 4 is 29.9 Å². The number of methoxy groups -OCH3 is 1. The van der Waals surface area contributed by atoms with E-state index in [0.29, 0.717) is 19.7 Å². The highest BCUT2D eigenvalue weighted by Gasteiger charge is 2.00. The number of benzene rings is 1. The molecule has 0 bridgehead atoms. The standard InChI is InChI=1S/C17H23N3O2.HI/c1-3-18-17(20-12-16-5-4-10-22-16)19-11-14-6-8-15(9-7-14)13-21-2;/h4-10H,3,11-13H2,1-2H3,(H2,18,19,20);1H. The van der Waals surface area contributed by atoms with Crippen LogP contribution in [0.25, 0.3) is 0 Å². The molecule has 0 aliphatic heterocycles. The second-order valence-corrected chi connectivity index (χ2v) is 4.88. The van der Waals surface area contributed by atoms with Crippen molar-refractivity contribution < 1.29 is 9.15 Å². The van der Waals surface area contributed by atoms with Gasteiger partial charge < -0.3 is 19.8 Å². The Morgan fingerprint density at radius 1 is 1.13 bits per heavy atom. The van der Waals surface area contributed by atoms with E-state index in [1.165, 1.54) is 0 Å². The first kappa shape index (κ1) is 19.5. The lowest BCUT2D eigenvalue weighted by molar-refractivity contribution is 0.185. The van der Waals surface area contributed by atoms with E-state index in [9.17, 15) is 0 Å². The zero-order chi connectivity index (χ0) is 15.6. The van der Waals surface area contributed by atoms with E-state index < -0.39 is 0 Å². The minimum atomic E-state index is 0. The van der Waals surface area contributed by atoms with Crippen molar-refractivity contribution in [2.75, 3.05) is 13.7 Å². The maximum absolute atomic E-state index is 5.30. The van der Waals surface area contributed by atoms with Gasteiger partial charge in [-0.3, -0.25) is 0 Å². The van der Waals surface area contributed by atoms with Crippen LogP contribution >= 0.6 is 24.0 Å². The van der Waals surface area contributed by atoms with Crippen molar-refractivity contribution in [1.82, 2.24) is 10.6 Å². The molecule has 2 rings (SSSR count). The van der Waals surface area contributed by atoms with Crippen molar-refractivity contribution in [3.63, 3.8) is 0 Å². The Morgan fingerprint density at radius 3 is 2.48 bits per heavy atom. The first-order chi connectivity index (χ1) is 10.8. The SMILES string of the molecule is CCNC(=NCc1ccc(COC)cc1)NCc1ccco1.I. The van der Waals surface area contributed by atoms with Crippen LogP contribution in [-0.4, -0.2) is 19.6 Å². The number of halogens is 1. The number of ether oxygens (including phenoxy) is 1. The van der Waals surface area contributed by atoms with Crippen molar-refractivity contribution in [1.29, 1.82) is 0 Å². The van der Waals surface area contributed by atoms with Gasteiger partial charge >= 0.3 is 0 Å². The van der Waals surface area contributed by atoms with Crippen LogP contribution < -0.4 is 10.6 Å². The van der Waals surface area contributed by atoms with Crippen LogP contribution in [0.15, 0.2) is 52.1 Å². The molecule has 5 nitrogen and oxygen atoms in total. The predicted octanol–water partition coefficient (Wildman–Crippen LogP) is 3.30. The number of furan rings is 1. The fourth-order valence-corrected chi connectivity index (χ4v) is 2.00. The Balaban J connectivity index is 0.00000264. The quantitative estimate of drug-likeness (QED) is 0.403. The molecule has 126 valence electrons. The van der Waals surface area contributed by atoms with Crippen LogP contribution in [0.1, 0.15) is 23.8 Å². The molecule has 6 heteroatoms. The summed E-state index contributed by atoms with van der Waals surface area (Å²) in [4.78, 5) is 4.58. The van der Waals surface area contributed by atoms with E-state index in [-0.39, 0.29) is 24.0 Å². The fraction of sp³-hybridized carbons (Fsp3) is 0.353. The molecule has 2 N–H and O–H groups in total. The molecule has 0 fully saturated rings. The van der Waals surface area contributed by atoms with Crippen LogP contribution in [0.3, 0.4) is 0 Å². The summed E-state index contributed by atoms with van der Waals surface area (Å²) in [6.07, 6.45) is 1.67. The van der Waals surface area contributed by atoms with E-state index in [1.807, 2.05) is 19.1 Å². The van der Waals surface area contributed by atoms with Crippen molar-refractivity contribution in [3.05, 3.63) is 59.5 Å². The number of guanidine groups is 1. The van der Waals surface area contributed by atoms with Gasteiger partial charge in [-0.2, -0.15) is 0 Å². The Morgan fingerprint density at radius 2 is 1.87 bits per heavy atom. The molecule has 23 heavy (non-hydrogen) atoms. The molecule has 0 atom stereocenters. The molecule has 0 aliphatic rings. The molecule has 1 heterocycles. The zero-order valence-electron chi connectivity index (χ0n) is 13.5. The number of rotatable bonds is 7. The average Bonchev–Trinajstić information content (AvgIpc) is 3.05. The van der Waals surface area contributed by atoms with Crippen molar-refractivity contribution in [2.24, 2.45) is 4.99 Å². The van der Waals surface area contributed by atoms with Crippen LogP contribution in [0.5, 0.6) is 0 Å². The lowest BCUT2D eigenvalue weighted by Gasteiger charge is -2.10. The van der Waals surface area contributed by atoms with Crippen LogP contribution in [0, 0.1) is 0 Å². The topological polar surface area (TPSA) is 58.8 Å². The summed E-state index contributed by atoms with van der Waals surface area (Å²) in [7, 11) is 1.70. The minimum Gasteiger partial charge on any atom is -0.467 e. The van der Waals surface area contributed by atoms with E-state index in [1.54, 1.807) is 13.4 Å². The lowest BCUT2D eigenvalue weighted by Crippen LogP contribution is -2.36. The van der Waals surface area contributed by atoms with E-state index >= 15 is 0 Å². The third kappa shape index (κ3) is 7.04. The second-order valence-electron chi connectivity index (χ2n) is 4.88. The fourth-order valence-electron chi connectivity index (χ4n) is 2.00. The van der Waals surface area contributed by atoms with Gasteiger partial charge in [0.25, 0.3) is 0 Å². The summed E-state index contributed by atoms with van der Waals surface area (Å²) in [5, 5.41) is 6.47. The lowest BCUT2D eigenvalue weighted by atomic mass is 10.1. The average molecular weight is 429 g/mol. The number of hydrogen-bond acceptors (Lipinski definition) is 3. The highest BCUT2D eigenvalue weighted by Crippen LogP contribution is 2.06. The zero-order valence-corrected chi connectivity index (χ0v) is 15.9. The largest absolute Gasteiger partial charge is 0.467 e. The molecule has 2 aromatic rings. The van der Waals surface area contributed by atoms with Crippen LogP contribution in [0.4, 0.5) is 0 Å². The molecule has 0 saturated carbocycles. The van der Waals surface area contributed by atoms with Gasteiger partial charge in [-0.1, -0.05) is 24.3 Å². The summed E-state index contributed by atoms with van der Waals surface area (Å²) in [5.41, 5.74) is 2.33. The smallest absolute Gasteiger partial charge is 0.191 e. The monoisotopic (exact) mass is 429 g/mol. The maximum atomic E-state index is 5.30. The maximum Gasteiger partial charge on any atom is 0.191 e. The third-order valence-corrected chi connectivity index (χ3v) is 3.11. The highest BCUT2D eigenvalue weighted by atomic mass is 127. The number of nitrogens with zero attached hydrogens (tertiary/aromatic N) is 1. The summed E-state index contributed by atoms with van der Waals surface area (Å²) in [5.74, 6) is 1.66. The minimum absolute atomic E-state index is 0. The van der Waals surface area contributed by atoms with Gasteiger partial charge in [0, 0.05) is 13.7 Å². The van der Waals surface area contributed by atoms with Gasteiger partial charge in [-0.05, 0) is 30.2 Å². The first-order valence-corrected chi connectivity index (χ1v) is 7.43. The molecule has 1 aromatic carbocycles. The molecule has 0 spiro atoms. The third-order valence-electron chi connectivity index (χ3n) is 3.11. The normalized spacial score (nSPS) is 11.0. The highest BCUT2D eigenvalue weighted by molar-refractivity contribution is 14.0. The summed E-state index contributed by atoms with van der Waals surface area (Å²) in [6.45, 7) is 4.74. The molecule has 0 aliphatic carbocycles. The van der Waals surface area contributed by atoms with Gasteiger partial charge in [0.15, 0.2) is 5.96 Å². The van der Waals surface area contributed by atoms with Gasteiger partial charge in [0.05, 0.1) is 26.0 Å². The predicted molar refractivity (Wildman–Crippen MR) is 103 cm³/mol. The Labute approximate surface area is 154 Å². The van der Waals surface area contributed by atoms with Gasteiger partial charge in [-0.25, -0.2) is 4.99 Å². The van der Waals surface area contributed by atoms with Gasteiger partial charge in [0.1, 0.15) is 5.76 Å². The number of aliphatic imine (C=N–C) groups is 1. The van der Waals surface area contributed by atoms with Crippen LogP contribution in [0.2, 0.25) is 0 Å². The number of hydrogen-bond donors (Lipinski definition) is 2. The van der Waals surface area contributed by atoms with Gasteiger partial charge in [-0.15, -0.1) is 24.0 Å². The Bertz CT molecular complexity index is 568. The second kappa shape index (κ2) is 11.1. The Hall–Kier alpha value is -1.54. The van der Waals surface area contributed by atoms with Crippen LogP contribution in [-0.2, 0) is 24.4 Å². The summed E-state index contributed by atoms with van der Waals surface area (Å²) < 4.78 is 10.4. The molecule has 0 radical (unpaired) electrons. The van der Waals surface area contributed by atoms with E-state index in [4.69, 9.17) is 9.15 Å². The first-order valence-electron chi connectivity index (χ1n) is 7.43. The van der Waals surface area contributed by atoms with E-state index in [0.717, 1.165) is 29.4 Å². The summed E-state index contributed by atoms with van der Waals surface area (Å²) >= 11 is 0. The Kier molecular flexibility index (Phi) is 9.39. The molecule has 1 aromatic heterocycles. The van der Waals surface area contributed by atoms with E-state index in [2.05, 4.69) is 39.9 Å². The van der Waals surface area contributed by atoms with Crippen molar-refractivity contribution in [2.45, 2.75) is 26.6 Å². The molecule has 0 saturated heterocycles. The molecule has 0 unspecified atom stereocenters. The molecule has 0 amide bonds. The molecular weight excluding hydrogens is 405 g/mol. The number of nitrogens with one attached hydrogen (secondary N) is 2. The van der Waals surface area contributed by atoms with Crippen molar-refractivity contribution in [3.8, 4) is 0 Å². The van der Waals surface area contributed by atoms with Gasteiger partial charge in [0.2, 0.25) is 0 Å². The summed E-state index contributed by atoms with van der Waals surface area (Å²) in [6, 6.07) is 12.1. The molecular formula is C17H24IN3O2.